The summed E-state index contributed by atoms with van der Waals surface area (Å²) in [5.41, 5.74) is -0.797. The molecule has 0 spiro atoms. The first-order valence-corrected chi connectivity index (χ1v) is 9.82. The van der Waals surface area contributed by atoms with Gasteiger partial charge in [-0.1, -0.05) is 36.4 Å². The number of rotatable bonds is 6. The Hall–Kier alpha value is -4.05. The zero-order chi connectivity index (χ0) is 22.5. The molecule has 0 bridgehead atoms. The Morgan fingerprint density at radius 3 is 2.25 bits per heavy atom. The molecule has 0 aliphatic carbocycles. The van der Waals surface area contributed by atoms with Crippen LogP contribution in [0.1, 0.15) is 33.4 Å². The molecule has 1 fully saturated rings. The summed E-state index contributed by atoms with van der Waals surface area (Å²) >= 11 is 0. The van der Waals surface area contributed by atoms with Crippen molar-refractivity contribution in [2.24, 2.45) is 0 Å². The first-order chi connectivity index (χ1) is 15.5. The maximum atomic E-state index is 12.5. The molecule has 0 radical (unpaired) electrons. The van der Waals surface area contributed by atoms with Gasteiger partial charge in [-0.3, -0.25) is 9.55 Å². The zero-order valence-electron chi connectivity index (χ0n) is 16.7. The molecule has 0 saturated carbocycles. The number of nitrogens with zero attached hydrogens (tertiary/aromatic N) is 2. The normalized spacial score (nSPS) is 19.9. The minimum Gasteiger partial charge on any atom is -0.459 e. The highest BCUT2D eigenvalue weighted by atomic mass is 16.6. The van der Waals surface area contributed by atoms with E-state index in [1.165, 1.54) is 0 Å². The Balaban J connectivity index is 1.51. The van der Waals surface area contributed by atoms with Gasteiger partial charge in [0.2, 0.25) is 0 Å². The van der Waals surface area contributed by atoms with Crippen molar-refractivity contribution in [2.75, 3.05) is 6.61 Å². The van der Waals surface area contributed by atoms with Crippen LogP contribution < -0.4 is 11.4 Å². The van der Waals surface area contributed by atoms with Gasteiger partial charge in [-0.25, -0.2) is 19.2 Å². The van der Waals surface area contributed by atoms with Crippen LogP contribution in [0.4, 0.5) is 0 Å². The molecule has 1 aromatic heterocycles. The lowest BCUT2D eigenvalue weighted by Gasteiger charge is -2.19. The van der Waals surface area contributed by atoms with Crippen LogP contribution >= 0.6 is 0 Å². The SMILES string of the molecule is O=C(OC[C@@H]1O[C@H](n2cnc(=O)[nH]c2=O)CC1OC(=O)c1ccccc1)c1ccccc1. The van der Waals surface area contributed by atoms with Gasteiger partial charge in [0.25, 0.3) is 0 Å². The maximum Gasteiger partial charge on any atom is 0.350 e. The van der Waals surface area contributed by atoms with E-state index in [9.17, 15) is 19.2 Å². The minimum absolute atomic E-state index is 0.0970. The number of nitrogens with one attached hydrogen (secondary N) is 1. The second-order valence-electron chi connectivity index (χ2n) is 7.03. The number of ether oxygens (including phenoxy) is 3. The van der Waals surface area contributed by atoms with Crippen molar-refractivity contribution in [3.05, 3.63) is 99.1 Å². The fourth-order valence-electron chi connectivity index (χ4n) is 3.30. The lowest BCUT2D eigenvalue weighted by atomic mass is 10.1. The molecule has 2 aromatic carbocycles. The van der Waals surface area contributed by atoms with Crippen molar-refractivity contribution < 1.29 is 23.8 Å². The van der Waals surface area contributed by atoms with E-state index in [0.717, 1.165) is 10.9 Å². The molecule has 10 nitrogen and oxygen atoms in total. The summed E-state index contributed by atoms with van der Waals surface area (Å²) in [6.45, 7) is -0.206. The molecule has 3 aromatic rings. The smallest absolute Gasteiger partial charge is 0.350 e. The highest BCUT2D eigenvalue weighted by molar-refractivity contribution is 5.90. The third-order valence-electron chi connectivity index (χ3n) is 4.89. The average Bonchev–Trinajstić information content (AvgIpc) is 3.20. The number of carbonyl (C=O) groups is 2. The average molecular weight is 437 g/mol. The summed E-state index contributed by atoms with van der Waals surface area (Å²) in [6, 6.07) is 16.8. The predicted octanol–water partition coefficient (Wildman–Crippen LogP) is 1.30. The van der Waals surface area contributed by atoms with Crippen LogP contribution in [0.2, 0.25) is 0 Å². The molecular formula is C22H19N3O7. The van der Waals surface area contributed by atoms with E-state index in [1.54, 1.807) is 60.7 Å². The van der Waals surface area contributed by atoms with Crippen LogP contribution in [0.25, 0.3) is 0 Å². The number of H-pyrrole nitrogens is 1. The largest absolute Gasteiger partial charge is 0.459 e. The highest BCUT2D eigenvalue weighted by Crippen LogP contribution is 2.30. The van der Waals surface area contributed by atoms with Gasteiger partial charge in [-0.05, 0) is 24.3 Å². The highest BCUT2D eigenvalue weighted by Gasteiger charge is 2.40. The van der Waals surface area contributed by atoms with Crippen molar-refractivity contribution in [3.8, 4) is 0 Å². The summed E-state index contributed by atoms with van der Waals surface area (Å²) in [7, 11) is 0. The number of aromatic amines is 1. The predicted molar refractivity (Wildman–Crippen MR) is 110 cm³/mol. The molecule has 0 amide bonds. The number of benzene rings is 2. The molecule has 164 valence electrons. The van der Waals surface area contributed by atoms with E-state index >= 15 is 0 Å². The van der Waals surface area contributed by atoms with E-state index in [1.807, 2.05) is 0 Å². The molecule has 2 heterocycles. The first kappa shape index (κ1) is 21.2. The maximum absolute atomic E-state index is 12.5. The second-order valence-corrected chi connectivity index (χ2v) is 7.03. The summed E-state index contributed by atoms with van der Waals surface area (Å²) in [5.74, 6) is -1.14. The van der Waals surface area contributed by atoms with E-state index in [2.05, 4.69) is 9.97 Å². The van der Waals surface area contributed by atoms with Crippen molar-refractivity contribution in [1.29, 1.82) is 0 Å². The summed E-state index contributed by atoms with van der Waals surface area (Å²) in [5, 5.41) is 0. The van der Waals surface area contributed by atoms with Gasteiger partial charge in [0, 0.05) is 6.42 Å². The standard InChI is InChI=1S/C22H19N3O7/c26-19(14-7-3-1-4-8-14)30-12-17-16(32-20(27)15-9-5-2-6-10-15)11-18(31-17)25-13-23-21(28)24-22(25)29/h1-10,13,16-18H,11-12H2,(H,24,28,29)/t16?,17-,18-/m0/s1. The van der Waals surface area contributed by atoms with E-state index in [-0.39, 0.29) is 13.0 Å². The molecule has 1 aliphatic heterocycles. The topological polar surface area (TPSA) is 130 Å². The number of aromatic nitrogens is 3. The van der Waals surface area contributed by atoms with E-state index < -0.39 is 41.8 Å². The minimum atomic E-state index is -0.874. The number of hydrogen-bond donors (Lipinski definition) is 1. The fourth-order valence-corrected chi connectivity index (χ4v) is 3.30. The Labute approximate surface area is 181 Å². The lowest BCUT2D eigenvalue weighted by molar-refractivity contribution is -0.0585. The molecule has 1 saturated heterocycles. The first-order valence-electron chi connectivity index (χ1n) is 9.82. The van der Waals surface area contributed by atoms with Crippen molar-refractivity contribution in [1.82, 2.24) is 14.5 Å². The third-order valence-corrected chi connectivity index (χ3v) is 4.89. The third kappa shape index (κ3) is 4.81. The number of esters is 2. The molecule has 1 aliphatic rings. The van der Waals surface area contributed by atoms with Crippen LogP contribution in [0, 0.1) is 0 Å². The molecular weight excluding hydrogens is 418 g/mol. The second kappa shape index (κ2) is 9.40. The van der Waals surface area contributed by atoms with Crippen molar-refractivity contribution >= 4 is 11.9 Å². The van der Waals surface area contributed by atoms with Gasteiger partial charge in [0.1, 0.15) is 31.4 Å². The quantitative estimate of drug-likeness (QED) is 0.571. The summed E-state index contributed by atoms with van der Waals surface area (Å²) in [6.07, 6.45) is -1.37. The molecule has 10 heteroatoms. The summed E-state index contributed by atoms with van der Waals surface area (Å²) < 4.78 is 17.9. The van der Waals surface area contributed by atoms with Gasteiger partial charge < -0.3 is 14.2 Å². The molecule has 1 unspecified atom stereocenters. The Morgan fingerprint density at radius 1 is 1.00 bits per heavy atom. The molecule has 4 rings (SSSR count). The monoisotopic (exact) mass is 437 g/mol. The van der Waals surface area contributed by atoms with Crippen LogP contribution in [-0.2, 0) is 14.2 Å². The van der Waals surface area contributed by atoms with Gasteiger partial charge in [0.15, 0.2) is 0 Å². The fraction of sp³-hybridized carbons (Fsp3) is 0.227. The Kier molecular flexibility index (Phi) is 6.22. The Bertz CT molecular complexity index is 1210. The van der Waals surface area contributed by atoms with Gasteiger partial charge in [0.05, 0.1) is 11.1 Å². The van der Waals surface area contributed by atoms with Gasteiger partial charge >= 0.3 is 23.3 Å². The lowest BCUT2D eigenvalue weighted by Crippen LogP contribution is -2.34. The van der Waals surface area contributed by atoms with E-state index in [4.69, 9.17) is 14.2 Å². The van der Waals surface area contributed by atoms with Crippen LogP contribution in [-0.4, -0.2) is 45.3 Å². The van der Waals surface area contributed by atoms with Gasteiger partial charge in [-0.15, -0.1) is 0 Å². The van der Waals surface area contributed by atoms with Crippen molar-refractivity contribution in [2.45, 2.75) is 24.9 Å². The van der Waals surface area contributed by atoms with E-state index in [0.29, 0.717) is 11.1 Å². The summed E-state index contributed by atoms with van der Waals surface area (Å²) in [4.78, 5) is 53.8. The van der Waals surface area contributed by atoms with Crippen molar-refractivity contribution in [3.63, 3.8) is 0 Å². The van der Waals surface area contributed by atoms with Crippen LogP contribution in [0.15, 0.2) is 76.6 Å². The molecule has 1 N–H and O–H groups in total. The molecule has 3 atom stereocenters. The molecule has 32 heavy (non-hydrogen) atoms. The van der Waals surface area contributed by atoms with Crippen LogP contribution in [0.5, 0.6) is 0 Å². The zero-order valence-corrected chi connectivity index (χ0v) is 16.7. The van der Waals surface area contributed by atoms with Gasteiger partial charge in [-0.2, -0.15) is 4.98 Å². The number of hydrogen-bond acceptors (Lipinski definition) is 8. The Morgan fingerprint density at radius 2 is 1.62 bits per heavy atom. The van der Waals surface area contributed by atoms with Crippen LogP contribution in [0.3, 0.4) is 0 Å². The number of carbonyl (C=O) groups excluding carboxylic acids is 2.